The molecule has 230 valence electrons. The zero-order valence-electron chi connectivity index (χ0n) is 25.3. The van der Waals surface area contributed by atoms with Gasteiger partial charge in [-0.2, -0.15) is 0 Å². The minimum Gasteiger partial charge on any atom is -0.550 e. The monoisotopic (exact) mass is 581 g/mol. The van der Waals surface area contributed by atoms with Gasteiger partial charge in [0.1, 0.15) is 11.6 Å². The van der Waals surface area contributed by atoms with Gasteiger partial charge in [0.25, 0.3) is 5.56 Å². The molecule has 2 aliphatic rings. The highest BCUT2D eigenvalue weighted by Gasteiger charge is 2.26. The maximum atomic E-state index is 13.4. The number of benzene rings is 1. The van der Waals surface area contributed by atoms with Gasteiger partial charge >= 0.3 is 0 Å². The number of carboxylic acid groups (broad SMARTS) is 1. The predicted molar refractivity (Wildman–Crippen MR) is 160 cm³/mol. The van der Waals surface area contributed by atoms with Gasteiger partial charge in [0.05, 0.1) is 5.69 Å². The molecular formula is C33H46FN4O4-. The van der Waals surface area contributed by atoms with Crippen molar-refractivity contribution in [1.29, 1.82) is 0 Å². The zero-order chi connectivity index (χ0) is 29.9. The molecule has 1 saturated heterocycles. The van der Waals surface area contributed by atoms with Crippen LogP contribution in [0.3, 0.4) is 0 Å². The van der Waals surface area contributed by atoms with Crippen molar-refractivity contribution in [3.63, 3.8) is 0 Å². The molecule has 1 aromatic carbocycles. The quantitative estimate of drug-likeness (QED) is 0.261. The number of hydrogen-bond acceptors (Lipinski definition) is 7. The number of carbonyl (C=O) groups is 1. The van der Waals surface area contributed by atoms with Crippen molar-refractivity contribution in [3.05, 3.63) is 57.1 Å². The first-order chi connectivity index (χ1) is 20.4. The molecule has 0 radical (unpaired) electrons. The standard InChI is InChI=1S/C23H27FN4O2.C10H20O2/c1-15-18(23(29)28-10-3-2-4-21(28)25-15)9-13-27-11-7-16(8-12-27)22-19-6-5-17(24)14-20(19)30-26-22;1-2-3-4-5-6-7-8-9-10(11)12/h5-6,14,16H,2-4,7-13H2,1H3;2-9H2,1H3,(H,11,12)/p-1. The Hall–Kier alpha value is -3.07. The number of likely N-dealkylation sites (tertiary alicyclic amines) is 1. The van der Waals surface area contributed by atoms with Crippen molar-refractivity contribution in [1.82, 2.24) is 19.6 Å². The number of piperidine rings is 1. The number of halogens is 1. The maximum absolute atomic E-state index is 13.4. The SMILES string of the molecule is CCCCCCCCCC(=O)[O-].Cc1nc2n(c(=O)c1CCN1CCC(c3noc4cc(F)ccc34)CC1)CCCC2. The number of carboxylic acids is 1. The van der Waals surface area contributed by atoms with Crippen molar-refractivity contribution in [3.8, 4) is 0 Å². The largest absolute Gasteiger partial charge is 0.550 e. The molecule has 0 N–H and O–H groups in total. The molecule has 0 atom stereocenters. The van der Waals surface area contributed by atoms with Crippen molar-refractivity contribution < 1.29 is 18.8 Å². The molecule has 0 spiro atoms. The maximum Gasteiger partial charge on any atom is 0.256 e. The number of fused-ring (bicyclic) bond motifs is 2. The first-order valence-electron chi connectivity index (χ1n) is 15.9. The van der Waals surface area contributed by atoms with Crippen molar-refractivity contribution >= 4 is 16.9 Å². The van der Waals surface area contributed by atoms with Gasteiger partial charge in [-0.05, 0) is 77.1 Å². The Bertz CT molecular complexity index is 1360. The Kier molecular flexibility index (Phi) is 12.1. The Morgan fingerprint density at radius 3 is 2.55 bits per heavy atom. The van der Waals surface area contributed by atoms with Gasteiger partial charge in [-0.1, -0.05) is 50.6 Å². The van der Waals surface area contributed by atoms with Gasteiger partial charge in [0.15, 0.2) is 5.58 Å². The molecule has 3 aromatic rings. The van der Waals surface area contributed by atoms with Crippen LogP contribution in [0.4, 0.5) is 4.39 Å². The molecule has 5 rings (SSSR count). The van der Waals surface area contributed by atoms with Gasteiger partial charge in [0.2, 0.25) is 0 Å². The molecule has 0 unspecified atom stereocenters. The summed E-state index contributed by atoms with van der Waals surface area (Å²) in [6, 6.07) is 4.63. The molecule has 0 bridgehead atoms. The van der Waals surface area contributed by atoms with E-state index in [1.54, 1.807) is 6.07 Å². The topological polar surface area (TPSA) is 104 Å². The second kappa shape index (κ2) is 16.0. The Balaban J connectivity index is 0.000000288. The molecule has 0 aliphatic carbocycles. The van der Waals surface area contributed by atoms with Crippen LogP contribution in [0.15, 0.2) is 27.5 Å². The minimum absolute atomic E-state index is 0.161. The van der Waals surface area contributed by atoms with Crippen LogP contribution >= 0.6 is 0 Å². The molecule has 4 heterocycles. The van der Waals surface area contributed by atoms with E-state index in [0.717, 1.165) is 106 Å². The van der Waals surface area contributed by atoms with E-state index in [2.05, 4.69) is 17.0 Å². The van der Waals surface area contributed by atoms with Crippen LogP contribution in [0, 0.1) is 12.7 Å². The molecule has 1 fully saturated rings. The number of aromatic nitrogens is 3. The number of hydrogen-bond donors (Lipinski definition) is 0. The Morgan fingerprint density at radius 2 is 1.81 bits per heavy atom. The first kappa shape index (κ1) is 31.9. The summed E-state index contributed by atoms with van der Waals surface area (Å²) in [5.41, 5.74) is 3.38. The Labute approximate surface area is 248 Å². The third kappa shape index (κ3) is 8.72. The summed E-state index contributed by atoms with van der Waals surface area (Å²) in [7, 11) is 0. The fraction of sp³-hybridized carbons (Fsp3) is 0.636. The van der Waals surface area contributed by atoms with E-state index in [1.165, 1.54) is 44.2 Å². The molecule has 0 amide bonds. The molecule has 42 heavy (non-hydrogen) atoms. The van der Waals surface area contributed by atoms with E-state index < -0.39 is 5.97 Å². The summed E-state index contributed by atoms with van der Waals surface area (Å²) < 4.78 is 20.6. The van der Waals surface area contributed by atoms with E-state index in [0.29, 0.717) is 11.5 Å². The Morgan fingerprint density at radius 1 is 1.07 bits per heavy atom. The molecule has 2 aromatic heterocycles. The highest BCUT2D eigenvalue weighted by Crippen LogP contribution is 2.32. The lowest BCUT2D eigenvalue weighted by molar-refractivity contribution is -0.305. The number of carbonyl (C=O) groups excluding carboxylic acids is 1. The van der Waals surface area contributed by atoms with Crippen molar-refractivity contribution in [2.75, 3.05) is 19.6 Å². The summed E-state index contributed by atoms with van der Waals surface area (Å²) in [4.78, 5) is 30.1. The summed E-state index contributed by atoms with van der Waals surface area (Å²) in [5, 5.41) is 15.2. The second-order valence-corrected chi connectivity index (χ2v) is 11.8. The summed E-state index contributed by atoms with van der Waals surface area (Å²) in [6.45, 7) is 7.74. The summed E-state index contributed by atoms with van der Waals surface area (Å²) >= 11 is 0. The van der Waals surface area contributed by atoms with Gasteiger partial charge in [0, 0.05) is 54.1 Å². The van der Waals surface area contributed by atoms with Crippen LogP contribution in [0.25, 0.3) is 11.0 Å². The third-order valence-electron chi connectivity index (χ3n) is 8.68. The lowest BCUT2D eigenvalue weighted by Gasteiger charge is -2.31. The number of aliphatic carboxylic acids is 1. The molecule has 2 aliphatic heterocycles. The lowest BCUT2D eigenvalue weighted by Crippen LogP contribution is -2.37. The highest BCUT2D eigenvalue weighted by atomic mass is 19.1. The van der Waals surface area contributed by atoms with Crippen LogP contribution in [0.2, 0.25) is 0 Å². The van der Waals surface area contributed by atoms with E-state index in [-0.39, 0.29) is 17.8 Å². The molecule has 8 nitrogen and oxygen atoms in total. The fourth-order valence-corrected chi connectivity index (χ4v) is 6.17. The van der Waals surface area contributed by atoms with Crippen LogP contribution in [0.5, 0.6) is 0 Å². The normalized spacial score (nSPS) is 15.8. The van der Waals surface area contributed by atoms with E-state index >= 15 is 0 Å². The van der Waals surface area contributed by atoms with Crippen molar-refractivity contribution in [2.24, 2.45) is 0 Å². The zero-order valence-corrected chi connectivity index (χ0v) is 25.3. The lowest BCUT2D eigenvalue weighted by atomic mass is 9.91. The molecule has 0 saturated carbocycles. The van der Waals surface area contributed by atoms with E-state index in [4.69, 9.17) is 9.51 Å². The number of nitrogens with zero attached hydrogens (tertiary/aromatic N) is 4. The smallest absolute Gasteiger partial charge is 0.256 e. The van der Waals surface area contributed by atoms with Crippen LogP contribution < -0.4 is 10.7 Å². The molecular weight excluding hydrogens is 535 g/mol. The van der Waals surface area contributed by atoms with E-state index in [1.807, 2.05) is 11.5 Å². The van der Waals surface area contributed by atoms with Crippen LogP contribution in [-0.2, 0) is 24.2 Å². The predicted octanol–water partition coefficient (Wildman–Crippen LogP) is 5.47. The first-order valence-corrected chi connectivity index (χ1v) is 15.9. The minimum atomic E-state index is -0.913. The van der Waals surface area contributed by atoms with Crippen molar-refractivity contribution in [2.45, 2.75) is 116 Å². The fourth-order valence-electron chi connectivity index (χ4n) is 6.17. The molecule has 9 heteroatoms. The summed E-state index contributed by atoms with van der Waals surface area (Å²) in [6.07, 6.45) is 14.2. The number of aryl methyl sites for hydroxylation is 2. The van der Waals surface area contributed by atoms with Crippen LogP contribution in [0.1, 0.15) is 113 Å². The van der Waals surface area contributed by atoms with Gasteiger partial charge < -0.3 is 19.3 Å². The van der Waals surface area contributed by atoms with Gasteiger partial charge in [-0.25, -0.2) is 9.37 Å². The highest BCUT2D eigenvalue weighted by molar-refractivity contribution is 5.79. The average Bonchev–Trinajstić information content (AvgIpc) is 3.40. The summed E-state index contributed by atoms with van der Waals surface area (Å²) in [5.74, 6) is 0.0604. The average molecular weight is 582 g/mol. The van der Waals surface area contributed by atoms with Gasteiger partial charge in [-0.3, -0.25) is 9.36 Å². The third-order valence-corrected chi connectivity index (χ3v) is 8.68. The van der Waals surface area contributed by atoms with Crippen LogP contribution in [-0.4, -0.2) is 45.2 Å². The number of unbranched alkanes of at least 4 members (excludes halogenated alkanes) is 6. The number of rotatable bonds is 12. The second-order valence-electron chi connectivity index (χ2n) is 11.8. The van der Waals surface area contributed by atoms with E-state index in [9.17, 15) is 19.1 Å². The van der Waals surface area contributed by atoms with Gasteiger partial charge in [-0.15, -0.1) is 0 Å².